The lowest BCUT2D eigenvalue weighted by molar-refractivity contribution is 0.165. The highest BCUT2D eigenvalue weighted by Gasteiger charge is 2.39. The van der Waals surface area contributed by atoms with Gasteiger partial charge in [-0.2, -0.15) is 0 Å². The first-order chi connectivity index (χ1) is 21.2. The first-order valence-corrected chi connectivity index (χ1v) is 22.9. The van der Waals surface area contributed by atoms with Gasteiger partial charge < -0.3 is 18.3 Å². The molecule has 0 bridgehead atoms. The fraction of sp³-hybridized carbons (Fsp3) is 0.722. The maximum Gasteiger partial charge on any atom is 0.413 e. The lowest BCUT2D eigenvalue weighted by Gasteiger charge is -2.37. The normalized spacial score (nSPS) is 27.7. The molecular formula is C36H62N2O6Si2. The van der Waals surface area contributed by atoms with E-state index in [0.29, 0.717) is 50.0 Å². The Hall–Kier alpha value is -2.15. The Kier molecular flexibility index (Phi) is 12.8. The molecule has 2 aliphatic carbocycles. The van der Waals surface area contributed by atoms with Crippen molar-refractivity contribution >= 4 is 28.8 Å². The molecule has 4 atom stereocenters. The minimum Gasteiger partial charge on any atom is -0.447 e. The molecule has 0 spiro atoms. The highest BCUT2D eigenvalue weighted by Crippen LogP contribution is 2.39. The van der Waals surface area contributed by atoms with Gasteiger partial charge in [0.2, 0.25) is 0 Å². The lowest BCUT2D eigenvalue weighted by Crippen LogP contribution is -2.42. The Balaban J connectivity index is 0.000000250. The highest BCUT2D eigenvalue weighted by atomic mass is 28.4. The molecule has 0 aromatic heterocycles. The van der Waals surface area contributed by atoms with E-state index in [2.05, 4.69) is 106 Å². The second-order valence-corrected chi connectivity index (χ2v) is 26.1. The summed E-state index contributed by atoms with van der Waals surface area (Å²) in [6.07, 6.45) is 14.4. The second-order valence-electron chi connectivity index (χ2n) is 16.4. The largest absolute Gasteiger partial charge is 0.447 e. The van der Waals surface area contributed by atoms with E-state index in [1.54, 1.807) is 9.80 Å². The Morgan fingerprint density at radius 1 is 0.696 bits per heavy atom. The first kappa shape index (κ1) is 38.3. The monoisotopic (exact) mass is 674 g/mol. The molecule has 0 unspecified atom stereocenters. The molecule has 4 aliphatic rings. The van der Waals surface area contributed by atoms with Gasteiger partial charge in [-0.1, -0.05) is 79.7 Å². The average molecular weight is 675 g/mol. The smallest absolute Gasteiger partial charge is 0.413 e. The Bertz CT molecular complexity index is 1100. The van der Waals surface area contributed by atoms with Crippen molar-refractivity contribution in [3.8, 4) is 0 Å². The minimum atomic E-state index is -1.71. The van der Waals surface area contributed by atoms with Crippen molar-refractivity contribution in [2.45, 2.75) is 104 Å². The average Bonchev–Trinajstić information content (AvgIpc) is 3.55. The molecule has 0 N–H and O–H groups in total. The van der Waals surface area contributed by atoms with E-state index < -0.39 is 16.6 Å². The third-order valence-electron chi connectivity index (χ3n) is 10.7. The fourth-order valence-electron chi connectivity index (χ4n) is 5.09. The number of cyclic esters (lactones) is 2. The summed E-state index contributed by atoms with van der Waals surface area (Å²) in [7, 11) is -3.43. The van der Waals surface area contributed by atoms with Gasteiger partial charge in [-0.05, 0) is 72.1 Å². The van der Waals surface area contributed by atoms with Gasteiger partial charge in [0.1, 0.15) is 13.2 Å². The molecule has 2 fully saturated rings. The van der Waals surface area contributed by atoms with Gasteiger partial charge in [0, 0.05) is 37.4 Å². The lowest BCUT2D eigenvalue weighted by atomic mass is 9.85. The summed E-state index contributed by atoms with van der Waals surface area (Å²) < 4.78 is 22.7. The molecule has 46 heavy (non-hydrogen) atoms. The predicted molar refractivity (Wildman–Crippen MR) is 191 cm³/mol. The molecule has 0 aromatic rings. The van der Waals surface area contributed by atoms with Gasteiger partial charge in [0.15, 0.2) is 16.6 Å². The number of ether oxygens (including phenoxy) is 2. The van der Waals surface area contributed by atoms with Gasteiger partial charge >= 0.3 is 12.2 Å². The van der Waals surface area contributed by atoms with E-state index >= 15 is 0 Å². The van der Waals surface area contributed by atoms with E-state index in [4.69, 9.17) is 18.3 Å². The van der Waals surface area contributed by atoms with Crippen molar-refractivity contribution in [1.29, 1.82) is 0 Å². The van der Waals surface area contributed by atoms with E-state index in [1.165, 1.54) is 11.1 Å². The zero-order valence-corrected chi connectivity index (χ0v) is 32.8. The summed E-state index contributed by atoms with van der Waals surface area (Å²) >= 11 is 0. The summed E-state index contributed by atoms with van der Waals surface area (Å²) in [6, 6.07) is 0. The molecule has 260 valence electrons. The molecule has 0 radical (unpaired) electrons. The number of carbonyl (C=O) groups excluding carboxylic acids is 2. The van der Waals surface area contributed by atoms with Crippen molar-refractivity contribution in [3.05, 3.63) is 47.9 Å². The van der Waals surface area contributed by atoms with Crippen molar-refractivity contribution < 1.29 is 27.9 Å². The molecule has 10 heteroatoms. The van der Waals surface area contributed by atoms with Crippen LogP contribution in [0.25, 0.3) is 0 Å². The third kappa shape index (κ3) is 10.4. The highest BCUT2D eigenvalue weighted by molar-refractivity contribution is 6.74. The Morgan fingerprint density at radius 3 is 1.33 bits per heavy atom. The zero-order valence-electron chi connectivity index (χ0n) is 30.8. The maximum atomic E-state index is 11.6. The zero-order chi connectivity index (χ0) is 34.5. The summed E-state index contributed by atoms with van der Waals surface area (Å²) in [5, 5.41) is 0.466. The predicted octanol–water partition coefficient (Wildman–Crippen LogP) is 9.11. The number of amides is 2. The van der Waals surface area contributed by atoms with Crippen LogP contribution in [-0.2, 0) is 18.3 Å². The molecular weight excluding hydrogens is 613 g/mol. The maximum absolute atomic E-state index is 11.6. The van der Waals surface area contributed by atoms with Gasteiger partial charge in [-0.25, -0.2) is 9.59 Å². The molecule has 2 saturated heterocycles. The summed E-state index contributed by atoms with van der Waals surface area (Å²) in [4.78, 5) is 26.6. The first-order valence-electron chi connectivity index (χ1n) is 17.1. The number of nitrogens with zero attached hydrogens (tertiary/aromatic N) is 2. The summed E-state index contributed by atoms with van der Waals surface area (Å²) in [5.74, 6) is 1.52. The van der Waals surface area contributed by atoms with E-state index in [0.717, 1.165) is 26.1 Å². The summed E-state index contributed by atoms with van der Waals surface area (Å²) in [5.41, 5.74) is 2.57. The van der Waals surface area contributed by atoms with Crippen molar-refractivity contribution in [1.82, 2.24) is 9.80 Å². The Morgan fingerprint density at radius 2 is 1.04 bits per heavy atom. The minimum absolute atomic E-state index is 0.228. The van der Waals surface area contributed by atoms with Crippen LogP contribution in [0.4, 0.5) is 9.59 Å². The molecule has 2 heterocycles. The van der Waals surface area contributed by atoms with Crippen LogP contribution in [0.15, 0.2) is 47.9 Å². The van der Waals surface area contributed by atoms with Gasteiger partial charge in [-0.3, -0.25) is 9.80 Å². The van der Waals surface area contributed by atoms with Crippen LogP contribution < -0.4 is 0 Å². The van der Waals surface area contributed by atoms with Crippen LogP contribution in [0, 0.1) is 23.7 Å². The molecule has 0 saturated carbocycles. The molecule has 2 aliphatic heterocycles. The molecule has 0 aromatic carbocycles. The molecule has 4 rings (SSSR count). The standard InChI is InChI=1S/2C18H31NO3Si/c2*1-14-7-8-15(13-22-23(5,6)18(2,3)4)11-16(14)12-19-9-10-21-17(19)20/h2*7-8,12,14-15H,9-11,13H2,1-6H3/b2*16-12-/t2*14-,15+/m10/s1. The number of allylic oxidation sites excluding steroid dienone is 4. The van der Waals surface area contributed by atoms with Crippen LogP contribution in [0.2, 0.25) is 36.3 Å². The quantitative estimate of drug-likeness (QED) is 0.189. The van der Waals surface area contributed by atoms with E-state index in [-0.39, 0.29) is 22.3 Å². The van der Waals surface area contributed by atoms with Crippen LogP contribution in [0.5, 0.6) is 0 Å². The van der Waals surface area contributed by atoms with Crippen LogP contribution >= 0.6 is 0 Å². The SMILES string of the molecule is C[C@@H]1C=C[C@H](CO[Si](C)(C)C(C)(C)C)C/C1=C/N1CCOC1=O.C[C@H]1C=C[C@@H](CO[Si](C)(C)C(C)(C)C)C/C1=C/N1CCOC1=O. The van der Waals surface area contributed by atoms with Crippen LogP contribution in [-0.4, -0.2) is 78.1 Å². The molecule has 2 amide bonds. The number of hydrogen-bond donors (Lipinski definition) is 0. The van der Waals surface area contributed by atoms with Crippen LogP contribution in [0.1, 0.15) is 68.2 Å². The van der Waals surface area contributed by atoms with Gasteiger partial charge in [0.25, 0.3) is 0 Å². The van der Waals surface area contributed by atoms with Gasteiger partial charge in [-0.15, -0.1) is 0 Å². The second kappa shape index (κ2) is 15.4. The number of hydrogen-bond acceptors (Lipinski definition) is 6. The van der Waals surface area contributed by atoms with E-state index in [1.807, 2.05) is 12.4 Å². The molecule has 8 nitrogen and oxygen atoms in total. The van der Waals surface area contributed by atoms with Crippen molar-refractivity contribution in [3.63, 3.8) is 0 Å². The van der Waals surface area contributed by atoms with Gasteiger partial charge in [0.05, 0.1) is 13.1 Å². The van der Waals surface area contributed by atoms with E-state index in [9.17, 15) is 9.59 Å². The van der Waals surface area contributed by atoms with Crippen molar-refractivity contribution in [2.75, 3.05) is 39.5 Å². The fourth-order valence-corrected chi connectivity index (χ4v) is 7.21. The number of rotatable bonds is 8. The van der Waals surface area contributed by atoms with Crippen molar-refractivity contribution in [2.24, 2.45) is 23.7 Å². The topological polar surface area (TPSA) is 77.5 Å². The van der Waals surface area contributed by atoms with Crippen LogP contribution in [0.3, 0.4) is 0 Å². The third-order valence-corrected chi connectivity index (χ3v) is 19.7. The number of carbonyl (C=O) groups is 2. The summed E-state index contributed by atoms with van der Waals surface area (Å²) in [6.45, 7) is 30.9. The Labute approximate surface area is 281 Å².